The van der Waals surface area contributed by atoms with Gasteiger partial charge in [0.05, 0.1) is 17.8 Å². The van der Waals surface area contributed by atoms with Crippen molar-refractivity contribution in [3.63, 3.8) is 0 Å². The highest BCUT2D eigenvalue weighted by atomic mass is 16.2. The zero-order valence-corrected chi connectivity index (χ0v) is 18.2. The molecular weight excluding hydrogens is 378 g/mol. The number of piperidine rings is 1. The second kappa shape index (κ2) is 8.50. The predicted octanol–water partition coefficient (Wildman–Crippen LogP) is 1.96. The van der Waals surface area contributed by atoms with E-state index in [1.165, 1.54) is 21.5 Å². The summed E-state index contributed by atoms with van der Waals surface area (Å²) in [7, 11) is 1.65. The van der Waals surface area contributed by atoms with E-state index in [0.29, 0.717) is 6.54 Å². The molecule has 2 saturated heterocycles. The Hall–Kier alpha value is -2.83. The van der Waals surface area contributed by atoms with E-state index in [1.807, 2.05) is 4.90 Å². The SMILES string of the molecule is Cc1cccc(N2CCN(C(=O)[C@@H]3CCCN(c4cnn(C)c(=O)c4)C3)CC2)c1C. The maximum atomic E-state index is 13.2. The fourth-order valence-electron chi connectivity index (χ4n) is 4.55. The van der Waals surface area contributed by atoms with Gasteiger partial charge in [-0.05, 0) is 43.9 Å². The van der Waals surface area contributed by atoms with Gasteiger partial charge in [0.2, 0.25) is 5.91 Å². The molecular formula is C23H31N5O2. The summed E-state index contributed by atoms with van der Waals surface area (Å²) in [5, 5.41) is 4.13. The van der Waals surface area contributed by atoms with Crippen LogP contribution in [-0.4, -0.2) is 59.9 Å². The number of carbonyl (C=O) groups excluding carboxylic acids is 1. The molecule has 2 aliphatic heterocycles. The van der Waals surface area contributed by atoms with Crippen LogP contribution in [0.15, 0.2) is 35.3 Å². The van der Waals surface area contributed by atoms with E-state index in [9.17, 15) is 9.59 Å². The fourth-order valence-corrected chi connectivity index (χ4v) is 4.55. The summed E-state index contributed by atoms with van der Waals surface area (Å²) in [6.07, 6.45) is 3.58. The molecule has 0 aliphatic carbocycles. The third kappa shape index (κ3) is 4.06. The number of nitrogens with zero attached hydrogens (tertiary/aromatic N) is 5. The van der Waals surface area contributed by atoms with E-state index >= 15 is 0 Å². The van der Waals surface area contributed by atoms with E-state index in [4.69, 9.17) is 0 Å². The average Bonchev–Trinajstić information content (AvgIpc) is 2.77. The molecule has 0 radical (unpaired) electrons. The lowest BCUT2D eigenvalue weighted by molar-refractivity contribution is -0.136. The molecule has 2 aliphatic rings. The van der Waals surface area contributed by atoms with Gasteiger partial charge in [0.15, 0.2) is 0 Å². The lowest BCUT2D eigenvalue weighted by atomic mass is 9.95. The summed E-state index contributed by atoms with van der Waals surface area (Å²) in [6.45, 7) is 9.09. The molecule has 160 valence electrons. The quantitative estimate of drug-likeness (QED) is 0.776. The molecule has 3 heterocycles. The van der Waals surface area contributed by atoms with Gasteiger partial charge >= 0.3 is 0 Å². The predicted molar refractivity (Wildman–Crippen MR) is 119 cm³/mol. The lowest BCUT2D eigenvalue weighted by Gasteiger charge is -2.40. The van der Waals surface area contributed by atoms with Crippen LogP contribution in [0.3, 0.4) is 0 Å². The first kappa shape index (κ1) is 20.4. The summed E-state index contributed by atoms with van der Waals surface area (Å²) in [5.74, 6) is 0.229. The maximum absolute atomic E-state index is 13.2. The Morgan fingerprint density at radius 3 is 2.57 bits per heavy atom. The van der Waals surface area contributed by atoms with Gasteiger partial charge in [0.25, 0.3) is 5.56 Å². The Bertz CT molecular complexity index is 978. The summed E-state index contributed by atoms with van der Waals surface area (Å²) in [5.41, 5.74) is 4.60. The Morgan fingerprint density at radius 2 is 1.83 bits per heavy atom. The lowest BCUT2D eigenvalue weighted by Crippen LogP contribution is -2.52. The van der Waals surface area contributed by atoms with Gasteiger partial charge in [-0.2, -0.15) is 5.10 Å². The van der Waals surface area contributed by atoms with Crippen molar-refractivity contribution in [2.45, 2.75) is 26.7 Å². The van der Waals surface area contributed by atoms with Gasteiger partial charge < -0.3 is 14.7 Å². The van der Waals surface area contributed by atoms with E-state index in [2.05, 4.69) is 46.9 Å². The first-order valence-electron chi connectivity index (χ1n) is 10.8. The van der Waals surface area contributed by atoms with E-state index in [1.54, 1.807) is 19.3 Å². The summed E-state index contributed by atoms with van der Waals surface area (Å²) in [6, 6.07) is 8.04. The first-order chi connectivity index (χ1) is 14.4. The Morgan fingerprint density at radius 1 is 1.07 bits per heavy atom. The van der Waals surface area contributed by atoms with Crippen LogP contribution in [0.2, 0.25) is 0 Å². The van der Waals surface area contributed by atoms with Crippen LogP contribution in [0.5, 0.6) is 0 Å². The normalized spacial score (nSPS) is 19.8. The number of piperazine rings is 1. The molecule has 0 bridgehead atoms. The van der Waals surface area contributed by atoms with Gasteiger partial charge in [-0.25, -0.2) is 4.68 Å². The highest BCUT2D eigenvalue weighted by Crippen LogP contribution is 2.26. The smallest absolute Gasteiger partial charge is 0.268 e. The fraction of sp³-hybridized carbons (Fsp3) is 0.522. The van der Waals surface area contributed by atoms with Crippen LogP contribution < -0.4 is 15.4 Å². The molecule has 1 atom stereocenters. The van der Waals surface area contributed by atoms with E-state index in [-0.39, 0.29) is 17.4 Å². The molecule has 2 fully saturated rings. The molecule has 1 aromatic carbocycles. The molecule has 1 amide bonds. The molecule has 7 heteroatoms. The molecule has 4 rings (SSSR count). The number of aromatic nitrogens is 2. The zero-order valence-electron chi connectivity index (χ0n) is 18.2. The number of aryl methyl sites for hydroxylation is 2. The van der Waals surface area contributed by atoms with Crippen molar-refractivity contribution < 1.29 is 4.79 Å². The molecule has 2 aromatic rings. The highest BCUT2D eigenvalue weighted by molar-refractivity contribution is 5.80. The number of amides is 1. The number of carbonyl (C=O) groups is 1. The number of benzene rings is 1. The average molecular weight is 410 g/mol. The van der Waals surface area contributed by atoms with Gasteiger partial charge in [-0.1, -0.05) is 12.1 Å². The summed E-state index contributed by atoms with van der Waals surface area (Å²) in [4.78, 5) is 31.7. The minimum Gasteiger partial charge on any atom is -0.369 e. The van der Waals surface area contributed by atoms with Crippen molar-refractivity contribution in [3.8, 4) is 0 Å². The molecule has 30 heavy (non-hydrogen) atoms. The van der Waals surface area contributed by atoms with Gasteiger partial charge in [0.1, 0.15) is 0 Å². The van der Waals surface area contributed by atoms with Gasteiger partial charge in [-0.3, -0.25) is 9.59 Å². The van der Waals surface area contributed by atoms with Crippen molar-refractivity contribution in [1.29, 1.82) is 0 Å². The van der Waals surface area contributed by atoms with E-state index < -0.39 is 0 Å². The second-order valence-corrected chi connectivity index (χ2v) is 8.49. The van der Waals surface area contributed by atoms with Crippen LogP contribution in [0.25, 0.3) is 0 Å². The van der Waals surface area contributed by atoms with Gasteiger partial charge in [0, 0.05) is 58.1 Å². The highest BCUT2D eigenvalue weighted by Gasteiger charge is 2.31. The number of rotatable bonds is 3. The number of anilines is 2. The second-order valence-electron chi connectivity index (χ2n) is 8.49. The molecule has 0 unspecified atom stereocenters. The largest absolute Gasteiger partial charge is 0.369 e. The Labute approximate surface area is 177 Å². The number of hydrogen-bond acceptors (Lipinski definition) is 5. The molecule has 0 N–H and O–H groups in total. The molecule has 0 saturated carbocycles. The van der Waals surface area contributed by atoms with Crippen LogP contribution >= 0.6 is 0 Å². The summed E-state index contributed by atoms with van der Waals surface area (Å²) >= 11 is 0. The third-order valence-corrected chi connectivity index (χ3v) is 6.60. The van der Waals surface area contributed by atoms with Crippen LogP contribution in [-0.2, 0) is 11.8 Å². The standard InChI is InChI=1S/C23H31N5O2/c1-17-6-4-8-21(18(17)2)26-10-12-27(13-11-26)23(30)19-7-5-9-28(16-19)20-14-22(29)25(3)24-15-20/h4,6,8,14-15,19H,5,7,9-13,16H2,1-3H3/t19-/m1/s1. The first-order valence-corrected chi connectivity index (χ1v) is 10.8. The third-order valence-electron chi connectivity index (χ3n) is 6.60. The maximum Gasteiger partial charge on any atom is 0.268 e. The van der Waals surface area contributed by atoms with Crippen molar-refractivity contribution in [2.75, 3.05) is 49.1 Å². The van der Waals surface area contributed by atoms with Gasteiger partial charge in [-0.15, -0.1) is 0 Å². The van der Waals surface area contributed by atoms with Crippen molar-refractivity contribution in [1.82, 2.24) is 14.7 Å². The molecule has 0 spiro atoms. The Kier molecular flexibility index (Phi) is 5.79. The van der Waals surface area contributed by atoms with Crippen molar-refractivity contribution in [2.24, 2.45) is 13.0 Å². The topological polar surface area (TPSA) is 61.7 Å². The minimum atomic E-state index is -0.122. The zero-order chi connectivity index (χ0) is 21.3. The Balaban J connectivity index is 1.38. The van der Waals surface area contributed by atoms with Crippen LogP contribution in [0.1, 0.15) is 24.0 Å². The van der Waals surface area contributed by atoms with Crippen LogP contribution in [0.4, 0.5) is 11.4 Å². The molecule has 1 aromatic heterocycles. The molecule has 7 nitrogen and oxygen atoms in total. The van der Waals surface area contributed by atoms with Crippen molar-refractivity contribution in [3.05, 3.63) is 51.9 Å². The van der Waals surface area contributed by atoms with Crippen molar-refractivity contribution >= 4 is 17.3 Å². The van der Waals surface area contributed by atoms with E-state index in [0.717, 1.165) is 51.3 Å². The van der Waals surface area contributed by atoms with Crippen LogP contribution in [0, 0.1) is 19.8 Å². The minimum absolute atomic E-state index is 0.0185. The monoisotopic (exact) mass is 409 g/mol. The summed E-state index contributed by atoms with van der Waals surface area (Å²) < 4.78 is 1.32. The number of hydrogen-bond donors (Lipinski definition) is 0.